The normalized spacial score (nSPS) is 10.1. The van der Waals surface area contributed by atoms with Crippen molar-refractivity contribution in [2.24, 2.45) is 7.05 Å². The molecule has 6 heteroatoms. The number of amides is 2. The second-order valence-corrected chi connectivity index (χ2v) is 4.23. The Labute approximate surface area is 117 Å². The number of hydrogen-bond acceptors (Lipinski definition) is 3. The molecule has 0 fully saturated rings. The predicted octanol–water partition coefficient (Wildman–Crippen LogP) is 1.47. The molecule has 0 atom stereocenters. The van der Waals surface area contributed by atoms with Crippen molar-refractivity contribution in [3.05, 3.63) is 48.9 Å². The summed E-state index contributed by atoms with van der Waals surface area (Å²) < 4.78 is 1.79. The van der Waals surface area contributed by atoms with Crippen molar-refractivity contribution in [3.63, 3.8) is 0 Å². The lowest BCUT2D eigenvalue weighted by atomic mass is 10.2. The van der Waals surface area contributed by atoms with E-state index >= 15 is 0 Å². The summed E-state index contributed by atoms with van der Waals surface area (Å²) in [6, 6.07) is 5.56. The van der Waals surface area contributed by atoms with Gasteiger partial charge in [-0.1, -0.05) is 6.08 Å². The maximum Gasteiger partial charge on any atom is 0.315 e. The average molecular weight is 271 g/mol. The summed E-state index contributed by atoms with van der Waals surface area (Å²) >= 11 is 0. The van der Waals surface area contributed by atoms with Crippen LogP contribution in [0.4, 0.5) is 4.79 Å². The van der Waals surface area contributed by atoms with Gasteiger partial charge in [-0.15, -0.1) is 6.58 Å². The minimum absolute atomic E-state index is 0.235. The van der Waals surface area contributed by atoms with Crippen LogP contribution in [0.5, 0.6) is 0 Å². The number of hydrogen-bond donors (Lipinski definition) is 2. The third-order valence-electron chi connectivity index (χ3n) is 2.74. The van der Waals surface area contributed by atoms with Gasteiger partial charge in [0.2, 0.25) is 0 Å². The third-order valence-corrected chi connectivity index (χ3v) is 2.74. The zero-order chi connectivity index (χ0) is 14.4. The molecule has 0 saturated heterocycles. The van der Waals surface area contributed by atoms with Crippen LogP contribution in [0, 0.1) is 0 Å². The van der Waals surface area contributed by atoms with E-state index in [0.717, 1.165) is 17.0 Å². The predicted molar refractivity (Wildman–Crippen MR) is 76.9 cm³/mol. The Morgan fingerprint density at radius 2 is 2.15 bits per heavy atom. The van der Waals surface area contributed by atoms with Crippen molar-refractivity contribution in [1.82, 2.24) is 25.4 Å². The van der Waals surface area contributed by atoms with Crippen LogP contribution in [0.1, 0.15) is 5.69 Å². The number of nitrogens with zero attached hydrogens (tertiary/aromatic N) is 3. The number of nitrogens with one attached hydrogen (secondary N) is 2. The van der Waals surface area contributed by atoms with Crippen molar-refractivity contribution < 1.29 is 4.79 Å². The van der Waals surface area contributed by atoms with Crippen LogP contribution < -0.4 is 10.6 Å². The Morgan fingerprint density at radius 1 is 1.40 bits per heavy atom. The molecule has 0 aliphatic rings. The maximum atomic E-state index is 11.4. The van der Waals surface area contributed by atoms with E-state index in [1.807, 2.05) is 25.2 Å². The first-order chi connectivity index (χ1) is 9.70. The van der Waals surface area contributed by atoms with Gasteiger partial charge in [-0.2, -0.15) is 5.10 Å². The van der Waals surface area contributed by atoms with E-state index in [4.69, 9.17) is 0 Å². The largest absolute Gasteiger partial charge is 0.335 e. The molecular weight excluding hydrogens is 254 g/mol. The number of aryl methyl sites for hydroxylation is 1. The Kier molecular flexibility index (Phi) is 4.49. The molecule has 6 nitrogen and oxygen atoms in total. The summed E-state index contributed by atoms with van der Waals surface area (Å²) in [5, 5.41) is 9.76. The lowest BCUT2D eigenvalue weighted by Gasteiger charge is -2.03. The number of aromatic nitrogens is 3. The van der Waals surface area contributed by atoms with E-state index in [1.165, 1.54) is 0 Å². The van der Waals surface area contributed by atoms with E-state index in [2.05, 4.69) is 27.3 Å². The molecule has 0 aliphatic carbocycles. The molecule has 2 aromatic rings. The van der Waals surface area contributed by atoms with Gasteiger partial charge in [-0.05, 0) is 18.2 Å². The summed E-state index contributed by atoms with van der Waals surface area (Å²) in [5.41, 5.74) is 2.82. The van der Waals surface area contributed by atoms with E-state index in [-0.39, 0.29) is 6.03 Å². The van der Waals surface area contributed by atoms with Gasteiger partial charge in [-0.3, -0.25) is 9.67 Å². The van der Waals surface area contributed by atoms with E-state index in [1.54, 1.807) is 23.2 Å². The fourth-order valence-electron chi connectivity index (χ4n) is 1.80. The molecule has 0 aliphatic heterocycles. The molecular formula is C14H17N5O. The molecule has 0 bridgehead atoms. The smallest absolute Gasteiger partial charge is 0.315 e. The van der Waals surface area contributed by atoms with Crippen molar-refractivity contribution in [2.45, 2.75) is 6.54 Å². The van der Waals surface area contributed by atoms with Crippen molar-refractivity contribution in [3.8, 4) is 11.3 Å². The van der Waals surface area contributed by atoms with Gasteiger partial charge in [0.25, 0.3) is 0 Å². The summed E-state index contributed by atoms with van der Waals surface area (Å²) in [6.07, 6.45) is 5.11. The average Bonchev–Trinajstić information content (AvgIpc) is 2.85. The molecule has 20 heavy (non-hydrogen) atoms. The second kappa shape index (κ2) is 6.51. The minimum atomic E-state index is -0.235. The molecule has 0 spiro atoms. The quantitative estimate of drug-likeness (QED) is 0.809. The Balaban J connectivity index is 2.01. The van der Waals surface area contributed by atoms with Gasteiger partial charge in [0.05, 0.1) is 17.9 Å². The monoisotopic (exact) mass is 271 g/mol. The molecule has 2 rings (SSSR count). The Bertz CT molecular complexity index is 591. The van der Waals surface area contributed by atoms with Gasteiger partial charge in [0.1, 0.15) is 0 Å². The van der Waals surface area contributed by atoms with Crippen LogP contribution in [0.25, 0.3) is 11.3 Å². The summed E-state index contributed by atoms with van der Waals surface area (Å²) in [7, 11) is 1.87. The fourth-order valence-corrected chi connectivity index (χ4v) is 1.80. The number of pyridine rings is 1. The Hall–Kier alpha value is -2.63. The Morgan fingerprint density at radius 3 is 2.85 bits per heavy atom. The fraction of sp³-hybridized carbons (Fsp3) is 0.214. The van der Waals surface area contributed by atoms with Crippen LogP contribution in [-0.2, 0) is 13.6 Å². The zero-order valence-corrected chi connectivity index (χ0v) is 11.3. The first-order valence-electron chi connectivity index (χ1n) is 6.26. The molecule has 0 unspecified atom stereocenters. The molecule has 2 heterocycles. The summed E-state index contributed by atoms with van der Waals surface area (Å²) in [6.45, 7) is 4.35. The van der Waals surface area contributed by atoms with Crippen molar-refractivity contribution in [1.29, 1.82) is 0 Å². The van der Waals surface area contributed by atoms with Gasteiger partial charge >= 0.3 is 6.03 Å². The number of carbonyl (C=O) groups excluding carboxylic acids is 1. The zero-order valence-electron chi connectivity index (χ0n) is 11.3. The molecule has 0 saturated carbocycles. The highest BCUT2D eigenvalue weighted by Crippen LogP contribution is 2.18. The lowest BCUT2D eigenvalue weighted by Crippen LogP contribution is -2.35. The van der Waals surface area contributed by atoms with Crippen LogP contribution in [0.3, 0.4) is 0 Å². The van der Waals surface area contributed by atoms with Gasteiger partial charge < -0.3 is 10.6 Å². The van der Waals surface area contributed by atoms with Crippen molar-refractivity contribution in [2.75, 3.05) is 6.54 Å². The maximum absolute atomic E-state index is 11.4. The highest BCUT2D eigenvalue weighted by molar-refractivity contribution is 5.74. The first-order valence-corrected chi connectivity index (χ1v) is 6.26. The van der Waals surface area contributed by atoms with Crippen LogP contribution in [0.2, 0.25) is 0 Å². The lowest BCUT2D eigenvalue weighted by molar-refractivity contribution is 0.241. The van der Waals surface area contributed by atoms with Crippen molar-refractivity contribution >= 4 is 6.03 Å². The van der Waals surface area contributed by atoms with E-state index < -0.39 is 0 Å². The molecule has 0 aromatic carbocycles. The van der Waals surface area contributed by atoms with Crippen LogP contribution in [-0.4, -0.2) is 27.3 Å². The van der Waals surface area contributed by atoms with E-state index in [0.29, 0.717) is 13.1 Å². The highest BCUT2D eigenvalue weighted by atomic mass is 16.2. The SMILES string of the molecule is C=CCNC(=O)NCc1cc(-c2ccncc2)n(C)n1. The highest BCUT2D eigenvalue weighted by Gasteiger charge is 2.08. The molecule has 104 valence electrons. The van der Waals surface area contributed by atoms with E-state index in [9.17, 15) is 4.79 Å². The van der Waals surface area contributed by atoms with Crippen LogP contribution >= 0.6 is 0 Å². The number of carbonyl (C=O) groups is 1. The number of urea groups is 1. The topological polar surface area (TPSA) is 71.8 Å². The molecule has 2 aromatic heterocycles. The third kappa shape index (κ3) is 3.44. The van der Waals surface area contributed by atoms with Gasteiger partial charge in [-0.25, -0.2) is 4.79 Å². The minimum Gasteiger partial charge on any atom is -0.335 e. The number of rotatable bonds is 5. The van der Waals surface area contributed by atoms with Gasteiger partial charge in [0.15, 0.2) is 0 Å². The second-order valence-electron chi connectivity index (χ2n) is 4.23. The molecule has 2 N–H and O–H groups in total. The molecule has 0 radical (unpaired) electrons. The summed E-state index contributed by atoms with van der Waals surface area (Å²) in [5.74, 6) is 0. The first kappa shape index (κ1) is 13.8. The summed E-state index contributed by atoms with van der Waals surface area (Å²) in [4.78, 5) is 15.4. The standard InChI is InChI=1S/C14H17N5O/c1-3-6-16-14(20)17-10-12-9-13(19(2)18-12)11-4-7-15-8-5-11/h3-5,7-9H,1,6,10H2,2H3,(H2,16,17,20). The van der Waals surface area contributed by atoms with Crippen LogP contribution in [0.15, 0.2) is 43.2 Å². The van der Waals surface area contributed by atoms with Gasteiger partial charge in [0, 0.05) is 31.5 Å². The molecule has 2 amide bonds.